The number of benzene rings is 2. The summed E-state index contributed by atoms with van der Waals surface area (Å²) < 4.78 is 175. The first-order valence-corrected chi connectivity index (χ1v) is 11.6. The second-order valence-corrected chi connectivity index (χ2v) is 9.02. The number of hydrogen-bond acceptors (Lipinski definition) is 3. The Hall–Kier alpha value is -3.70. The molecule has 0 saturated carbocycles. The van der Waals surface area contributed by atoms with Crippen molar-refractivity contribution in [3.63, 3.8) is 0 Å². The van der Waals surface area contributed by atoms with Gasteiger partial charge in [-0.25, -0.2) is 4.39 Å². The number of ether oxygens (including phenoxy) is 1. The Kier molecular flexibility index (Phi) is 10.6. The molecule has 0 aliphatic carbocycles. The van der Waals surface area contributed by atoms with Gasteiger partial charge in [-0.15, -0.1) is 13.2 Å². The third-order valence-electron chi connectivity index (χ3n) is 5.20. The summed E-state index contributed by atoms with van der Waals surface area (Å²) in [6.45, 7) is -0.975. The van der Waals surface area contributed by atoms with E-state index >= 15 is 0 Å². The normalized spacial score (nSPS) is 14.6. The SMILES string of the molecule is CC(NC(=O)c1ccc(/C(F)=C/C(c2cc(Cl)cc(OC(F)(F)F)c2)C(F)(F)F)cc1C(F)(F)F)C(=O)NCC(F)(F)F. The molecule has 2 aromatic carbocycles. The third kappa shape index (κ3) is 10.8. The van der Waals surface area contributed by atoms with Crippen LogP contribution >= 0.6 is 11.6 Å². The van der Waals surface area contributed by atoms with Gasteiger partial charge in [-0.05, 0) is 48.9 Å². The topological polar surface area (TPSA) is 67.4 Å². The number of alkyl halides is 12. The fourth-order valence-electron chi connectivity index (χ4n) is 3.38. The summed E-state index contributed by atoms with van der Waals surface area (Å²) in [5.41, 5.74) is -5.39. The van der Waals surface area contributed by atoms with Gasteiger partial charge in [0.1, 0.15) is 30.1 Å². The van der Waals surface area contributed by atoms with Gasteiger partial charge in [0.2, 0.25) is 5.91 Å². The van der Waals surface area contributed by atoms with Crippen LogP contribution in [0.4, 0.5) is 57.1 Å². The Labute approximate surface area is 237 Å². The summed E-state index contributed by atoms with van der Waals surface area (Å²) >= 11 is 5.57. The Morgan fingerprint density at radius 3 is 2.05 bits per heavy atom. The highest BCUT2D eigenvalue weighted by Gasteiger charge is 2.41. The minimum absolute atomic E-state index is 0.0568. The lowest BCUT2D eigenvalue weighted by Gasteiger charge is -2.20. The average Bonchev–Trinajstić information content (AvgIpc) is 2.81. The first-order chi connectivity index (χ1) is 19.4. The average molecular weight is 663 g/mol. The van der Waals surface area contributed by atoms with Gasteiger partial charge in [0.05, 0.1) is 11.1 Å². The molecule has 43 heavy (non-hydrogen) atoms. The van der Waals surface area contributed by atoms with E-state index in [4.69, 9.17) is 11.6 Å². The molecule has 0 aliphatic rings. The number of allylic oxidation sites excluding steroid dienone is 1. The van der Waals surface area contributed by atoms with Crippen molar-refractivity contribution in [2.45, 2.75) is 43.8 Å². The Morgan fingerprint density at radius 1 is 0.930 bits per heavy atom. The van der Waals surface area contributed by atoms with Crippen molar-refractivity contribution in [1.82, 2.24) is 10.6 Å². The molecule has 0 aliphatic heterocycles. The summed E-state index contributed by atoms with van der Waals surface area (Å²) in [5.74, 6) is -9.27. The van der Waals surface area contributed by atoms with Gasteiger partial charge < -0.3 is 15.4 Å². The maximum Gasteiger partial charge on any atom is 0.573 e. The molecule has 2 atom stereocenters. The molecule has 0 bridgehead atoms. The molecule has 19 heteroatoms. The number of hydrogen-bond donors (Lipinski definition) is 2. The molecule has 5 nitrogen and oxygen atoms in total. The van der Waals surface area contributed by atoms with Crippen molar-refractivity contribution in [2.75, 3.05) is 6.54 Å². The van der Waals surface area contributed by atoms with E-state index in [0.29, 0.717) is 24.3 Å². The van der Waals surface area contributed by atoms with Crippen LogP contribution in [-0.4, -0.2) is 43.1 Å². The van der Waals surface area contributed by atoms with Gasteiger partial charge in [0, 0.05) is 10.6 Å². The lowest BCUT2D eigenvalue weighted by Crippen LogP contribution is -2.47. The van der Waals surface area contributed by atoms with Crippen LogP contribution in [-0.2, 0) is 11.0 Å². The highest BCUT2D eigenvalue weighted by atomic mass is 35.5. The largest absolute Gasteiger partial charge is 0.573 e. The molecule has 2 amide bonds. The number of carbonyl (C=O) groups excluding carboxylic acids is 2. The smallest absolute Gasteiger partial charge is 0.406 e. The lowest BCUT2D eigenvalue weighted by atomic mass is 9.95. The molecule has 238 valence electrons. The molecular weight excluding hydrogens is 647 g/mol. The highest BCUT2D eigenvalue weighted by molar-refractivity contribution is 6.30. The van der Waals surface area contributed by atoms with E-state index < -0.39 is 94.1 Å². The van der Waals surface area contributed by atoms with Crippen molar-refractivity contribution in [2.24, 2.45) is 0 Å². The van der Waals surface area contributed by atoms with E-state index in [1.54, 1.807) is 5.32 Å². The molecule has 2 rings (SSSR count). The summed E-state index contributed by atoms with van der Waals surface area (Å²) in [7, 11) is 0. The van der Waals surface area contributed by atoms with E-state index in [9.17, 15) is 66.7 Å². The number of halogens is 14. The monoisotopic (exact) mass is 662 g/mol. The first kappa shape index (κ1) is 35.5. The van der Waals surface area contributed by atoms with Crippen LogP contribution in [0.1, 0.15) is 39.9 Å². The molecule has 0 aromatic heterocycles. The van der Waals surface area contributed by atoms with Gasteiger partial charge in [-0.1, -0.05) is 17.7 Å². The van der Waals surface area contributed by atoms with Crippen LogP contribution in [0.25, 0.3) is 5.83 Å². The molecule has 0 heterocycles. The molecule has 2 N–H and O–H groups in total. The van der Waals surface area contributed by atoms with Gasteiger partial charge >= 0.3 is 24.9 Å². The Balaban J connectivity index is 2.48. The first-order valence-electron chi connectivity index (χ1n) is 11.2. The van der Waals surface area contributed by atoms with E-state index in [1.807, 2.05) is 0 Å². The zero-order valence-electron chi connectivity index (χ0n) is 20.9. The number of carbonyl (C=O) groups is 2. The predicted octanol–water partition coefficient (Wildman–Crippen LogP) is 7.71. The van der Waals surface area contributed by atoms with Crippen LogP contribution in [0.5, 0.6) is 5.75 Å². The predicted molar refractivity (Wildman–Crippen MR) is 123 cm³/mol. The Morgan fingerprint density at radius 2 is 1.53 bits per heavy atom. The zero-order chi connectivity index (χ0) is 33.1. The zero-order valence-corrected chi connectivity index (χ0v) is 21.7. The van der Waals surface area contributed by atoms with Crippen molar-refractivity contribution >= 4 is 29.2 Å². The van der Waals surface area contributed by atoms with E-state index in [-0.39, 0.29) is 18.2 Å². The Bertz CT molecular complexity index is 1370. The number of nitrogens with one attached hydrogen (secondary N) is 2. The quantitative estimate of drug-likeness (QED) is 0.285. The van der Waals surface area contributed by atoms with Crippen molar-refractivity contribution in [3.8, 4) is 5.75 Å². The van der Waals surface area contributed by atoms with Crippen LogP contribution in [0.15, 0.2) is 42.5 Å². The van der Waals surface area contributed by atoms with Gasteiger partial charge in [-0.2, -0.15) is 39.5 Å². The standard InChI is InChI=1S/C24H16ClF13N2O3/c1-10(19(41)39-9-21(27,28)29)40-20(42)15-3-2-11(6-17(15)23(33,34)35)18(26)8-16(22(30,31)32)12-4-13(25)7-14(5-12)43-24(36,37)38/h2-8,10,16H,9H2,1H3,(H,39,41)(H,40,42)/b18-8-. The number of rotatable bonds is 8. The fraction of sp³-hybridized carbons (Fsp3) is 0.333. The lowest BCUT2D eigenvalue weighted by molar-refractivity contribution is -0.274. The van der Waals surface area contributed by atoms with Gasteiger partial charge in [0.15, 0.2) is 0 Å². The van der Waals surface area contributed by atoms with E-state index in [1.165, 1.54) is 5.32 Å². The second-order valence-electron chi connectivity index (χ2n) is 8.59. The molecule has 2 unspecified atom stereocenters. The molecule has 0 spiro atoms. The van der Waals surface area contributed by atoms with Gasteiger partial charge in [-0.3, -0.25) is 9.59 Å². The molecule has 0 radical (unpaired) electrons. The van der Waals surface area contributed by atoms with Crippen LogP contribution in [0.2, 0.25) is 5.02 Å². The fourth-order valence-corrected chi connectivity index (χ4v) is 3.62. The van der Waals surface area contributed by atoms with Crippen LogP contribution in [0, 0.1) is 0 Å². The minimum atomic E-state index is -5.44. The molecule has 0 saturated heterocycles. The third-order valence-corrected chi connectivity index (χ3v) is 5.42. The van der Waals surface area contributed by atoms with Crippen molar-refractivity contribution in [3.05, 3.63) is 69.8 Å². The summed E-state index contributed by atoms with van der Waals surface area (Å²) in [4.78, 5) is 24.1. The maximum atomic E-state index is 15.0. The number of amides is 2. The van der Waals surface area contributed by atoms with Crippen LogP contribution in [0.3, 0.4) is 0 Å². The highest BCUT2D eigenvalue weighted by Crippen LogP contribution is 2.42. The van der Waals surface area contributed by atoms with E-state index in [0.717, 1.165) is 6.92 Å². The van der Waals surface area contributed by atoms with Crippen molar-refractivity contribution < 1.29 is 71.4 Å². The minimum Gasteiger partial charge on any atom is -0.406 e. The summed E-state index contributed by atoms with van der Waals surface area (Å²) in [6, 6.07) is 0.205. The van der Waals surface area contributed by atoms with Crippen molar-refractivity contribution in [1.29, 1.82) is 0 Å². The molecule has 0 fully saturated rings. The summed E-state index contributed by atoms with van der Waals surface area (Å²) in [6.07, 6.45) is -21.3. The van der Waals surface area contributed by atoms with Crippen LogP contribution < -0.4 is 15.4 Å². The maximum absolute atomic E-state index is 15.0. The second kappa shape index (κ2) is 12.9. The molecule has 2 aromatic rings. The van der Waals surface area contributed by atoms with Gasteiger partial charge in [0.25, 0.3) is 5.91 Å². The summed E-state index contributed by atoms with van der Waals surface area (Å²) in [5, 5.41) is 2.42. The molecular formula is C24H16ClF13N2O3. The van der Waals surface area contributed by atoms with E-state index in [2.05, 4.69) is 4.74 Å².